The Morgan fingerprint density at radius 1 is 0.609 bits per heavy atom. The molecule has 0 spiro atoms. The molecular weight excluding hydrogens is 288 g/mol. The summed E-state index contributed by atoms with van der Waals surface area (Å²) in [7, 11) is 0. The highest BCUT2D eigenvalue weighted by atomic mass is 16.3. The quantitative estimate of drug-likeness (QED) is 0.267. The van der Waals surface area contributed by atoms with Crippen molar-refractivity contribution in [3.8, 4) is 0 Å². The van der Waals surface area contributed by atoms with Crippen LogP contribution in [-0.4, -0.2) is 34.1 Å². The van der Waals surface area contributed by atoms with Gasteiger partial charge in [0.1, 0.15) is 0 Å². The highest BCUT2D eigenvalue weighted by Crippen LogP contribution is 2.11. The zero-order valence-electron chi connectivity index (χ0n) is 15.3. The van der Waals surface area contributed by atoms with E-state index in [1.165, 1.54) is 44.9 Å². The maximum atomic E-state index is 9.89. The number of rotatable bonds is 17. The van der Waals surface area contributed by atoms with Crippen LogP contribution in [0.5, 0.6) is 0 Å². The van der Waals surface area contributed by atoms with E-state index in [-0.39, 0.29) is 0 Å². The predicted molar refractivity (Wildman–Crippen MR) is 98.6 cm³/mol. The lowest BCUT2D eigenvalue weighted by atomic mass is 10.0. The SMILES string of the molecule is CCCCCCC[C@@H](O)/C=C/[C@H](O)CCCCCCCCCO. The molecule has 23 heavy (non-hydrogen) atoms. The molecule has 0 heterocycles. The molecule has 3 heteroatoms. The molecule has 138 valence electrons. The van der Waals surface area contributed by atoms with E-state index < -0.39 is 12.2 Å². The second-order valence-corrected chi connectivity index (χ2v) is 6.71. The van der Waals surface area contributed by atoms with Crippen LogP contribution in [0.15, 0.2) is 12.2 Å². The third kappa shape index (κ3) is 17.8. The number of hydrogen-bond acceptors (Lipinski definition) is 3. The van der Waals surface area contributed by atoms with E-state index in [1.807, 2.05) is 0 Å². The summed E-state index contributed by atoms with van der Waals surface area (Å²) in [5.41, 5.74) is 0. The van der Waals surface area contributed by atoms with Crippen molar-refractivity contribution in [3.05, 3.63) is 12.2 Å². The van der Waals surface area contributed by atoms with Crippen molar-refractivity contribution in [2.75, 3.05) is 6.61 Å². The van der Waals surface area contributed by atoms with Crippen LogP contribution in [0.2, 0.25) is 0 Å². The first-order valence-electron chi connectivity index (χ1n) is 9.86. The lowest BCUT2D eigenvalue weighted by Gasteiger charge is -2.08. The predicted octanol–water partition coefficient (Wildman–Crippen LogP) is 4.74. The summed E-state index contributed by atoms with van der Waals surface area (Å²) >= 11 is 0. The monoisotopic (exact) mass is 328 g/mol. The van der Waals surface area contributed by atoms with Crippen LogP contribution in [0, 0.1) is 0 Å². The highest BCUT2D eigenvalue weighted by Gasteiger charge is 2.03. The van der Waals surface area contributed by atoms with Crippen molar-refractivity contribution in [1.82, 2.24) is 0 Å². The van der Waals surface area contributed by atoms with Crippen LogP contribution < -0.4 is 0 Å². The number of aliphatic hydroxyl groups is 3. The number of unbranched alkanes of at least 4 members (excludes halogenated alkanes) is 10. The minimum Gasteiger partial charge on any atom is -0.396 e. The molecule has 0 rings (SSSR count). The Hall–Kier alpha value is -0.380. The van der Waals surface area contributed by atoms with E-state index in [0.717, 1.165) is 44.9 Å². The highest BCUT2D eigenvalue weighted by molar-refractivity contribution is 4.93. The normalized spacial score (nSPS) is 14.4. The van der Waals surface area contributed by atoms with Crippen LogP contribution >= 0.6 is 0 Å². The second kappa shape index (κ2) is 18.0. The smallest absolute Gasteiger partial charge is 0.0721 e. The van der Waals surface area contributed by atoms with E-state index in [0.29, 0.717) is 6.61 Å². The topological polar surface area (TPSA) is 60.7 Å². The summed E-state index contributed by atoms with van der Waals surface area (Å²) in [6, 6.07) is 0. The maximum absolute atomic E-state index is 9.89. The Morgan fingerprint density at radius 3 is 1.43 bits per heavy atom. The summed E-state index contributed by atoms with van der Waals surface area (Å²) < 4.78 is 0. The van der Waals surface area contributed by atoms with Gasteiger partial charge in [-0.15, -0.1) is 0 Å². The summed E-state index contributed by atoms with van der Waals surface area (Å²) in [5.74, 6) is 0. The van der Waals surface area contributed by atoms with Crippen molar-refractivity contribution < 1.29 is 15.3 Å². The largest absolute Gasteiger partial charge is 0.396 e. The summed E-state index contributed by atoms with van der Waals surface area (Å²) in [6.07, 6.45) is 18.2. The zero-order valence-corrected chi connectivity index (χ0v) is 15.3. The molecule has 0 aromatic rings. The summed E-state index contributed by atoms with van der Waals surface area (Å²) in [5, 5.41) is 28.4. The van der Waals surface area contributed by atoms with Gasteiger partial charge in [0.25, 0.3) is 0 Å². The molecule has 0 radical (unpaired) electrons. The molecule has 0 aliphatic carbocycles. The molecular formula is C20H40O3. The van der Waals surface area contributed by atoms with E-state index in [4.69, 9.17) is 5.11 Å². The maximum Gasteiger partial charge on any atom is 0.0721 e. The fraction of sp³-hybridized carbons (Fsp3) is 0.900. The van der Waals surface area contributed by atoms with Gasteiger partial charge in [-0.1, -0.05) is 89.7 Å². The molecule has 0 aromatic heterocycles. The van der Waals surface area contributed by atoms with Gasteiger partial charge in [0, 0.05) is 6.61 Å². The third-order valence-corrected chi connectivity index (χ3v) is 4.32. The minimum atomic E-state index is -0.417. The van der Waals surface area contributed by atoms with Gasteiger partial charge in [-0.3, -0.25) is 0 Å². The average Bonchev–Trinajstić information content (AvgIpc) is 2.55. The molecule has 3 nitrogen and oxygen atoms in total. The van der Waals surface area contributed by atoms with Crippen LogP contribution in [0.3, 0.4) is 0 Å². The van der Waals surface area contributed by atoms with E-state index >= 15 is 0 Å². The Labute approximate surface area is 143 Å². The van der Waals surface area contributed by atoms with Crippen LogP contribution in [0.1, 0.15) is 96.8 Å². The minimum absolute atomic E-state index is 0.309. The fourth-order valence-corrected chi connectivity index (χ4v) is 2.76. The molecule has 0 aliphatic heterocycles. The van der Waals surface area contributed by atoms with Crippen molar-refractivity contribution in [2.45, 2.75) is 109 Å². The lowest BCUT2D eigenvalue weighted by Crippen LogP contribution is -2.06. The summed E-state index contributed by atoms with van der Waals surface area (Å²) in [4.78, 5) is 0. The lowest BCUT2D eigenvalue weighted by molar-refractivity contribution is 0.192. The first-order chi connectivity index (χ1) is 11.2. The molecule has 0 fully saturated rings. The van der Waals surface area contributed by atoms with Gasteiger partial charge in [-0.25, -0.2) is 0 Å². The van der Waals surface area contributed by atoms with Gasteiger partial charge in [-0.2, -0.15) is 0 Å². The molecule has 0 amide bonds. The molecule has 0 aromatic carbocycles. The first-order valence-corrected chi connectivity index (χ1v) is 9.86. The van der Waals surface area contributed by atoms with Crippen molar-refractivity contribution >= 4 is 0 Å². The van der Waals surface area contributed by atoms with Crippen molar-refractivity contribution in [3.63, 3.8) is 0 Å². The van der Waals surface area contributed by atoms with E-state index in [2.05, 4.69) is 6.92 Å². The average molecular weight is 329 g/mol. The number of hydrogen-bond donors (Lipinski definition) is 3. The Balaban J connectivity index is 3.44. The van der Waals surface area contributed by atoms with Crippen LogP contribution in [-0.2, 0) is 0 Å². The Kier molecular flexibility index (Phi) is 17.7. The van der Waals surface area contributed by atoms with Crippen molar-refractivity contribution in [1.29, 1.82) is 0 Å². The molecule has 3 N–H and O–H groups in total. The van der Waals surface area contributed by atoms with Crippen LogP contribution in [0.25, 0.3) is 0 Å². The third-order valence-electron chi connectivity index (χ3n) is 4.32. The second-order valence-electron chi connectivity index (χ2n) is 6.71. The molecule has 0 bridgehead atoms. The van der Waals surface area contributed by atoms with Gasteiger partial charge in [0.15, 0.2) is 0 Å². The fourth-order valence-electron chi connectivity index (χ4n) is 2.76. The zero-order chi connectivity index (χ0) is 17.2. The molecule has 0 saturated heterocycles. The molecule has 0 unspecified atom stereocenters. The number of aliphatic hydroxyl groups excluding tert-OH is 3. The van der Waals surface area contributed by atoms with Crippen molar-refractivity contribution in [2.24, 2.45) is 0 Å². The molecule has 0 aliphatic rings. The standard InChI is InChI=1S/C20H40O3/c1-2-3-4-8-11-14-19(22)16-17-20(23)15-12-9-6-5-7-10-13-18-21/h16-17,19-23H,2-15,18H2,1H3/b17-16+/t19-,20-/m1/s1. The van der Waals surface area contributed by atoms with E-state index in [1.54, 1.807) is 12.2 Å². The van der Waals surface area contributed by atoms with E-state index in [9.17, 15) is 10.2 Å². The van der Waals surface area contributed by atoms with Gasteiger partial charge < -0.3 is 15.3 Å². The van der Waals surface area contributed by atoms with Gasteiger partial charge >= 0.3 is 0 Å². The Morgan fingerprint density at radius 2 is 1.00 bits per heavy atom. The molecule has 2 atom stereocenters. The molecule has 0 saturated carbocycles. The van der Waals surface area contributed by atoms with Gasteiger partial charge in [-0.05, 0) is 19.3 Å². The Bertz CT molecular complexity index is 253. The van der Waals surface area contributed by atoms with Gasteiger partial charge in [0.2, 0.25) is 0 Å². The van der Waals surface area contributed by atoms with Crippen LogP contribution in [0.4, 0.5) is 0 Å². The first kappa shape index (κ1) is 22.6. The van der Waals surface area contributed by atoms with Gasteiger partial charge in [0.05, 0.1) is 12.2 Å². The summed E-state index contributed by atoms with van der Waals surface area (Å²) in [6.45, 7) is 2.51.